The number of rotatable bonds is 4. The molecule has 1 aromatic heterocycles. The fourth-order valence-corrected chi connectivity index (χ4v) is 1.55. The molecule has 0 fully saturated rings. The number of benzene rings is 1. The van der Waals surface area contributed by atoms with Crippen molar-refractivity contribution in [3.8, 4) is 11.3 Å². The molecule has 0 unspecified atom stereocenters. The number of halogens is 1. The first kappa shape index (κ1) is 11.7. The Morgan fingerprint density at radius 2 is 2.12 bits per heavy atom. The summed E-state index contributed by atoms with van der Waals surface area (Å²) in [6.45, 7) is 0.445. The highest BCUT2D eigenvalue weighted by molar-refractivity contribution is 6.18. The van der Waals surface area contributed by atoms with Crippen molar-refractivity contribution in [2.45, 2.75) is 0 Å². The van der Waals surface area contributed by atoms with Crippen LogP contribution in [0, 0.1) is 0 Å². The SMILES string of the molecule is O=C(NCCCl)c1cc(-c2ccccc2)n[nH]1. The minimum Gasteiger partial charge on any atom is -0.350 e. The van der Waals surface area contributed by atoms with Gasteiger partial charge in [0, 0.05) is 18.0 Å². The van der Waals surface area contributed by atoms with E-state index in [0.29, 0.717) is 18.1 Å². The molecule has 1 aromatic carbocycles. The molecule has 2 aromatic rings. The largest absolute Gasteiger partial charge is 0.350 e. The van der Waals surface area contributed by atoms with Crippen molar-refractivity contribution >= 4 is 17.5 Å². The molecule has 0 saturated heterocycles. The summed E-state index contributed by atoms with van der Waals surface area (Å²) in [7, 11) is 0. The van der Waals surface area contributed by atoms with Gasteiger partial charge in [-0.15, -0.1) is 11.6 Å². The third-order valence-corrected chi connectivity index (χ3v) is 2.46. The molecular formula is C12H12ClN3O. The summed E-state index contributed by atoms with van der Waals surface area (Å²) in [5.74, 6) is 0.200. The van der Waals surface area contributed by atoms with Crippen molar-refractivity contribution in [2.75, 3.05) is 12.4 Å². The van der Waals surface area contributed by atoms with E-state index in [4.69, 9.17) is 11.6 Å². The number of hydrogen-bond acceptors (Lipinski definition) is 2. The molecule has 0 radical (unpaired) electrons. The highest BCUT2D eigenvalue weighted by Gasteiger charge is 2.09. The zero-order chi connectivity index (χ0) is 12.1. The number of alkyl halides is 1. The van der Waals surface area contributed by atoms with E-state index in [0.717, 1.165) is 11.3 Å². The van der Waals surface area contributed by atoms with Crippen molar-refractivity contribution < 1.29 is 4.79 Å². The lowest BCUT2D eigenvalue weighted by Gasteiger charge is -1.98. The lowest BCUT2D eigenvalue weighted by atomic mass is 10.1. The van der Waals surface area contributed by atoms with Crippen LogP contribution in [0.25, 0.3) is 11.3 Å². The second kappa shape index (κ2) is 5.50. The average molecular weight is 250 g/mol. The van der Waals surface area contributed by atoms with Crippen molar-refractivity contribution in [1.82, 2.24) is 15.5 Å². The zero-order valence-electron chi connectivity index (χ0n) is 9.11. The molecule has 1 amide bonds. The first-order valence-electron chi connectivity index (χ1n) is 5.26. The van der Waals surface area contributed by atoms with Crippen LogP contribution < -0.4 is 5.32 Å². The van der Waals surface area contributed by atoms with Gasteiger partial charge in [0.15, 0.2) is 0 Å². The number of carbonyl (C=O) groups is 1. The van der Waals surface area contributed by atoms with Crippen LogP contribution in [-0.2, 0) is 0 Å². The molecule has 0 bridgehead atoms. The van der Waals surface area contributed by atoms with E-state index >= 15 is 0 Å². The summed E-state index contributed by atoms with van der Waals surface area (Å²) in [5, 5.41) is 9.48. The number of H-pyrrole nitrogens is 1. The van der Waals surface area contributed by atoms with Crippen LogP contribution >= 0.6 is 11.6 Å². The first-order valence-corrected chi connectivity index (χ1v) is 5.79. The van der Waals surface area contributed by atoms with Gasteiger partial charge in [-0.3, -0.25) is 9.89 Å². The Bertz CT molecular complexity index is 495. The molecule has 4 nitrogen and oxygen atoms in total. The van der Waals surface area contributed by atoms with Gasteiger partial charge in [0.1, 0.15) is 5.69 Å². The van der Waals surface area contributed by atoms with Crippen LogP contribution in [0.5, 0.6) is 0 Å². The second-order valence-corrected chi connectivity index (χ2v) is 3.86. The van der Waals surface area contributed by atoms with E-state index < -0.39 is 0 Å². The summed E-state index contributed by atoms with van der Waals surface area (Å²) in [6, 6.07) is 11.4. The van der Waals surface area contributed by atoms with Crippen molar-refractivity contribution in [3.63, 3.8) is 0 Å². The fourth-order valence-electron chi connectivity index (χ4n) is 1.45. The van der Waals surface area contributed by atoms with Gasteiger partial charge < -0.3 is 5.32 Å². The van der Waals surface area contributed by atoms with Gasteiger partial charge in [-0.1, -0.05) is 30.3 Å². The van der Waals surface area contributed by atoms with Crippen LogP contribution in [0.15, 0.2) is 36.4 Å². The smallest absolute Gasteiger partial charge is 0.269 e. The number of aromatic nitrogens is 2. The molecule has 88 valence electrons. The standard InChI is InChI=1S/C12H12ClN3O/c13-6-7-14-12(17)11-8-10(15-16-11)9-4-2-1-3-5-9/h1-5,8H,6-7H2,(H,14,17)(H,15,16). The van der Waals surface area contributed by atoms with E-state index in [9.17, 15) is 4.79 Å². The highest BCUT2D eigenvalue weighted by Crippen LogP contribution is 2.16. The van der Waals surface area contributed by atoms with E-state index in [2.05, 4.69) is 15.5 Å². The molecule has 0 spiro atoms. The topological polar surface area (TPSA) is 57.8 Å². The molecule has 17 heavy (non-hydrogen) atoms. The maximum absolute atomic E-state index is 11.6. The quantitative estimate of drug-likeness (QED) is 0.815. The maximum atomic E-state index is 11.6. The normalized spacial score (nSPS) is 10.2. The van der Waals surface area contributed by atoms with Gasteiger partial charge in [0.2, 0.25) is 0 Å². The van der Waals surface area contributed by atoms with E-state index in [1.54, 1.807) is 6.07 Å². The number of amides is 1. The van der Waals surface area contributed by atoms with Crippen molar-refractivity contribution in [2.24, 2.45) is 0 Å². The number of carbonyl (C=O) groups excluding carboxylic acids is 1. The predicted octanol–water partition coefficient (Wildman–Crippen LogP) is 2.05. The fraction of sp³-hybridized carbons (Fsp3) is 0.167. The Balaban J connectivity index is 2.14. The van der Waals surface area contributed by atoms with Crippen LogP contribution in [0.4, 0.5) is 0 Å². The molecule has 1 heterocycles. The molecule has 0 aliphatic rings. The first-order chi connectivity index (χ1) is 8.31. The molecule has 0 aliphatic heterocycles. The van der Waals surface area contributed by atoms with Crippen molar-refractivity contribution in [1.29, 1.82) is 0 Å². The Morgan fingerprint density at radius 1 is 1.35 bits per heavy atom. The molecule has 0 saturated carbocycles. The minimum atomic E-state index is -0.194. The third kappa shape index (κ3) is 2.85. The Morgan fingerprint density at radius 3 is 2.82 bits per heavy atom. The maximum Gasteiger partial charge on any atom is 0.269 e. The summed E-state index contributed by atoms with van der Waals surface area (Å²) < 4.78 is 0. The summed E-state index contributed by atoms with van der Waals surface area (Å²) in [5.41, 5.74) is 2.16. The minimum absolute atomic E-state index is 0.194. The summed E-state index contributed by atoms with van der Waals surface area (Å²) in [4.78, 5) is 11.6. The molecule has 0 atom stereocenters. The number of hydrogen-bond donors (Lipinski definition) is 2. The highest BCUT2D eigenvalue weighted by atomic mass is 35.5. The molecule has 5 heteroatoms. The molecule has 2 N–H and O–H groups in total. The van der Waals surface area contributed by atoms with Gasteiger partial charge in [-0.2, -0.15) is 5.10 Å². The van der Waals surface area contributed by atoms with Gasteiger partial charge in [-0.05, 0) is 6.07 Å². The van der Waals surface area contributed by atoms with E-state index in [-0.39, 0.29) is 5.91 Å². The van der Waals surface area contributed by atoms with E-state index in [1.807, 2.05) is 30.3 Å². The van der Waals surface area contributed by atoms with Crippen LogP contribution in [-0.4, -0.2) is 28.5 Å². The zero-order valence-corrected chi connectivity index (χ0v) is 9.87. The van der Waals surface area contributed by atoms with Crippen LogP contribution in [0.1, 0.15) is 10.5 Å². The lowest BCUT2D eigenvalue weighted by Crippen LogP contribution is -2.25. The lowest BCUT2D eigenvalue weighted by molar-refractivity contribution is 0.0951. The number of nitrogens with one attached hydrogen (secondary N) is 2. The number of nitrogens with zero attached hydrogens (tertiary/aromatic N) is 1. The van der Waals surface area contributed by atoms with Gasteiger partial charge in [-0.25, -0.2) is 0 Å². The third-order valence-electron chi connectivity index (χ3n) is 2.27. The molecular weight excluding hydrogens is 238 g/mol. The summed E-state index contributed by atoms with van der Waals surface area (Å²) >= 11 is 5.49. The van der Waals surface area contributed by atoms with Crippen LogP contribution in [0.2, 0.25) is 0 Å². The van der Waals surface area contributed by atoms with E-state index in [1.165, 1.54) is 0 Å². The Labute approximate surface area is 104 Å². The average Bonchev–Trinajstić information content (AvgIpc) is 2.86. The Kier molecular flexibility index (Phi) is 3.77. The Hall–Kier alpha value is -1.81. The van der Waals surface area contributed by atoms with Gasteiger partial charge in [0.25, 0.3) is 5.91 Å². The second-order valence-electron chi connectivity index (χ2n) is 3.48. The molecule has 2 rings (SSSR count). The van der Waals surface area contributed by atoms with Crippen molar-refractivity contribution in [3.05, 3.63) is 42.1 Å². The molecule has 0 aliphatic carbocycles. The number of aromatic amines is 1. The predicted molar refractivity (Wildman–Crippen MR) is 67.1 cm³/mol. The van der Waals surface area contributed by atoms with Gasteiger partial charge >= 0.3 is 0 Å². The van der Waals surface area contributed by atoms with Crippen LogP contribution in [0.3, 0.4) is 0 Å². The van der Waals surface area contributed by atoms with Gasteiger partial charge in [0.05, 0.1) is 5.69 Å². The summed E-state index contributed by atoms with van der Waals surface area (Å²) in [6.07, 6.45) is 0. The monoisotopic (exact) mass is 249 g/mol.